The normalized spacial score (nSPS) is 11.0. The average molecular weight is 467 g/mol. The van der Waals surface area contributed by atoms with Crippen molar-refractivity contribution in [3.8, 4) is 0 Å². The molecule has 4 aromatic carbocycles. The van der Waals surface area contributed by atoms with Gasteiger partial charge in [-0.1, -0.05) is 42.5 Å². The fraction of sp³-hybridized carbons (Fsp3) is 0.0769. The molecule has 0 saturated heterocycles. The van der Waals surface area contributed by atoms with Crippen molar-refractivity contribution in [3.63, 3.8) is 0 Å². The van der Waals surface area contributed by atoms with E-state index in [0.29, 0.717) is 0 Å². The van der Waals surface area contributed by atoms with Crippen LogP contribution in [0.3, 0.4) is 0 Å². The van der Waals surface area contributed by atoms with E-state index in [4.69, 9.17) is 0 Å². The molecule has 0 fully saturated rings. The predicted octanol–water partition coefficient (Wildman–Crippen LogP) is 6.13. The molecule has 0 radical (unpaired) electrons. The lowest BCUT2D eigenvalue weighted by molar-refractivity contribution is 0.463. The quantitative estimate of drug-likeness (QED) is 0.269. The third-order valence-corrected chi connectivity index (χ3v) is 7.53. The molecule has 32 heavy (non-hydrogen) atoms. The van der Waals surface area contributed by atoms with Crippen LogP contribution >= 0.6 is 0 Å². The van der Waals surface area contributed by atoms with Crippen molar-refractivity contribution >= 4 is 21.0 Å². The molecule has 0 aliphatic rings. The van der Waals surface area contributed by atoms with Crippen LogP contribution < -0.4 is 0 Å². The Morgan fingerprint density at radius 2 is 1.09 bits per heavy atom. The smallest absolute Gasteiger partial charge is 0.167 e. The van der Waals surface area contributed by atoms with Gasteiger partial charge in [0, 0.05) is 0 Å². The van der Waals surface area contributed by atoms with Gasteiger partial charge in [0.05, 0.1) is 15.8 Å². The number of halogens is 1. The van der Waals surface area contributed by atoms with Crippen LogP contribution in [-0.4, -0.2) is 13.0 Å². The molecule has 0 aliphatic heterocycles. The minimum absolute atomic E-state index is 0.0352. The molecule has 0 aromatic heterocycles. The largest absolute Gasteiger partial charge is 0.744 e. The van der Waals surface area contributed by atoms with Gasteiger partial charge in [0.1, 0.15) is 15.9 Å². The molecular formula is C26H23FO3S2. The number of rotatable bonds is 4. The Hall–Kier alpha value is -2.93. The van der Waals surface area contributed by atoms with Crippen LogP contribution in [0.4, 0.5) is 4.39 Å². The zero-order valence-corrected chi connectivity index (χ0v) is 19.4. The van der Waals surface area contributed by atoms with Crippen molar-refractivity contribution in [1.29, 1.82) is 0 Å². The molecule has 0 saturated carbocycles. The monoisotopic (exact) mass is 466 g/mol. The molecule has 0 bridgehead atoms. The van der Waals surface area contributed by atoms with E-state index in [2.05, 4.69) is 92.7 Å². The summed E-state index contributed by atoms with van der Waals surface area (Å²) in [6, 6.07) is 32.2. The zero-order chi connectivity index (χ0) is 23.1. The second-order valence-electron chi connectivity index (χ2n) is 7.16. The fourth-order valence-corrected chi connectivity index (χ4v) is 5.93. The molecule has 3 nitrogen and oxygen atoms in total. The summed E-state index contributed by atoms with van der Waals surface area (Å²) in [6.07, 6.45) is 0. The molecule has 164 valence electrons. The van der Waals surface area contributed by atoms with E-state index in [-0.39, 0.29) is 10.9 Å². The van der Waals surface area contributed by atoms with Crippen molar-refractivity contribution in [1.82, 2.24) is 0 Å². The van der Waals surface area contributed by atoms with Gasteiger partial charge >= 0.3 is 0 Å². The molecule has 0 aliphatic carbocycles. The Bertz CT molecular complexity index is 1200. The molecule has 6 heteroatoms. The van der Waals surface area contributed by atoms with Gasteiger partial charge in [-0.25, -0.2) is 12.8 Å². The molecule has 0 unspecified atom stereocenters. The topological polar surface area (TPSA) is 57.2 Å². The summed E-state index contributed by atoms with van der Waals surface area (Å²) in [4.78, 5) is 3.71. The second-order valence-corrected chi connectivity index (χ2v) is 10.6. The van der Waals surface area contributed by atoms with Gasteiger partial charge in [-0.3, -0.25) is 0 Å². The summed E-state index contributed by atoms with van der Waals surface area (Å²) in [6.45, 7) is 4.35. The Balaban J connectivity index is 0.000000222. The standard InChI is InChI=1S/C20H19S.C6H5FO3S/c1-16-13-17(2)15-20(14-16)21(18-9-5-3-6-10-18)19-11-7-4-8-12-19;7-5-1-3-6(4-2-5)11(8,9)10/h3-15H,1-2H3;1-4H,(H,8,9,10)/q+1;/p-1. The van der Waals surface area contributed by atoms with Gasteiger partial charge in [0.2, 0.25) is 0 Å². The molecular weight excluding hydrogens is 443 g/mol. The molecule has 0 atom stereocenters. The lowest BCUT2D eigenvalue weighted by Gasteiger charge is -2.09. The maximum Gasteiger partial charge on any atom is 0.167 e. The number of benzene rings is 4. The van der Waals surface area contributed by atoms with Gasteiger partial charge in [-0.15, -0.1) is 0 Å². The van der Waals surface area contributed by atoms with E-state index in [9.17, 15) is 17.4 Å². The molecule has 0 N–H and O–H groups in total. The van der Waals surface area contributed by atoms with Crippen LogP contribution in [0.5, 0.6) is 0 Å². The Morgan fingerprint density at radius 1 is 0.656 bits per heavy atom. The summed E-state index contributed by atoms with van der Waals surface area (Å²) in [5.74, 6) is -0.572. The minimum atomic E-state index is -4.44. The van der Waals surface area contributed by atoms with Crippen LogP contribution in [0.15, 0.2) is 123 Å². The first-order valence-electron chi connectivity index (χ1n) is 9.88. The third-order valence-electron chi connectivity index (χ3n) is 4.49. The summed E-state index contributed by atoms with van der Waals surface area (Å²) < 4.78 is 43.0. The van der Waals surface area contributed by atoms with Crippen molar-refractivity contribution in [3.05, 3.63) is 120 Å². The van der Waals surface area contributed by atoms with E-state index in [1.807, 2.05) is 0 Å². The Labute approximate surface area is 191 Å². The summed E-state index contributed by atoms with van der Waals surface area (Å²) >= 11 is 0. The number of hydrogen-bond donors (Lipinski definition) is 0. The van der Waals surface area contributed by atoms with E-state index in [0.717, 1.165) is 24.3 Å². The summed E-state index contributed by atoms with van der Waals surface area (Å²) in [5.41, 5.74) is 2.66. The van der Waals surface area contributed by atoms with Crippen LogP contribution in [0, 0.1) is 19.7 Å². The van der Waals surface area contributed by atoms with Crippen molar-refractivity contribution in [2.24, 2.45) is 0 Å². The zero-order valence-electron chi connectivity index (χ0n) is 17.7. The highest BCUT2D eigenvalue weighted by Crippen LogP contribution is 2.31. The van der Waals surface area contributed by atoms with E-state index < -0.39 is 20.8 Å². The summed E-state index contributed by atoms with van der Waals surface area (Å²) in [5, 5.41) is 0. The molecule has 0 spiro atoms. The van der Waals surface area contributed by atoms with Crippen molar-refractivity contribution in [2.75, 3.05) is 0 Å². The van der Waals surface area contributed by atoms with Gasteiger partial charge in [0.15, 0.2) is 14.7 Å². The molecule has 4 aromatic rings. The van der Waals surface area contributed by atoms with Gasteiger partial charge in [-0.2, -0.15) is 0 Å². The maximum atomic E-state index is 12.2. The maximum absolute atomic E-state index is 12.2. The fourth-order valence-electron chi connectivity index (χ4n) is 3.17. The van der Waals surface area contributed by atoms with Crippen LogP contribution in [-0.2, 0) is 21.0 Å². The highest BCUT2D eigenvalue weighted by Gasteiger charge is 2.28. The van der Waals surface area contributed by atoms with Crippen LogP contribution in [0.2, 0.25) is 0 Å². The Kier molecular flexibility index (Phi) is 7.85. The summed E-state index contributed by atoms with van der Waals surface area (Å²) in [7, 11) is -4.47. The van der Waals surface area contributed by atoms with Gasteiger partial charge < -0.3 is 4.55 Å². The average Bonchev–Trinajstić information content (AvgIpc) is 2.75. The van der Waals surface area contributed by atoms with Crippen molar-refractivity contribution in [2.45, 2.75) is 33.4 Å². The third kappa shape index (κ3) is 6.53. The number of hydrogen-bond acceptors (Lipinski definition) is 3. The number of aryl methyl sites for hydroxylation is 2. The first-order chi connectivity index (χ1) is 15.2. The highest BCUT2D eigenvalue weighted by atomic mass is 32.2. The second kappa shape index (κ2) is 10.6. The van der Waals surface area contributed by atoms with Gasteiger partial charge in [-0.05, 0) is 85.6 Å². The lowest BCUT2D eigenvalue weighted by atomic mass is 10.2. The lowest BCUT2D eigenvalue weighted by Crippen LogP contribution is -2.05. The van der Waals surface area contributed by atoms with Gasteiger partial charge in [0.25, 0.3) is 0 Å². The predicted molar refractivity (Wildman–Crippen MR) is 125 cm³/mol. The SMILES string of the molecule is Cc1cc(C)cc([S+](c2ccccc2)c2ccccc2)c1.O=S(=O)([O-])c1ccc(F)cc1. The Morgan fingerprint density at radius 3 is 1.50 bits per heavy atom. The molecule has 0 amide bonds. The first-order valence-corrected chi connectivity index (χ1v) is 12.5. The van der Waals surface area contributed by atoms with E-state index in [1.54, 1.807) is 0 Å². The molecule has 4 rings (SSSR count). The van der Waals surface area contributed by atoms with Crippen LogP contribution in [0.1, 0.15) is 11.1 Å². The van der Waals surface area contributed by atoms with E-state index >= 15 is 0 Å². The highest BCUT2D eigenvalue weighted by molar-refractivity contribution is 7.97. The van der Waals surface area contributed by atoms with Crippen LogP contribution in [0.25, 0.3) is 0 Å². The van der Waals surface area contributed by atoms with Crippen molar-refractivity contribution < 1.29 is 17.4 Å². The molecule has 0 heterocycles. The first kappa shape index (κ1) is 23.7. The minimum Gasteiger partial charge on any atom is -0.744 e. The van der Waals surface area contributed by atoms with E-state index in [1.165, 1.54) is 25.8 Å².